The van der Waals surface area contributed by atoms with Gasteiger partial charge in [-0.25, -0.2) is 13.2 Å². The predicted molar refractivity (Wildman–Crippen MR) is 133 cm³/mol. The van der Waals surface area contributed by atoms with Gasteiger partial charge in [0.25, 0.3) is 0 Å². The summed E-state index contributed by atoms with van der Waals surface area (Å²) in [4.78, 5) is 39.3. The van der Waals surface area contributed by atoms with Crippen LogP contribution in [0.3, 0.4) is 0 Å². The molecule has 1 aromatic carbocycles. The first kappa shape index (κ1) is 28.8. The number of aliphatic carboxylic acids is 1. The number of sulfonamides is 1. The third-order valence-corrected chi connectivity index (χ3v) is 8.50. The number of hydrogen-bond donors (Lipinski definition) is 3. The van der Waals surface area contributed by atoms with Crippen LogP contribution in [-0.4, -0.2) is 61.4 Å². The Balaban J connectivity index is 2.06. The van der Waals surface area contributed by atoms with Gasteiger partial charge in [0.1, 0.15) is 12.1 Å². The van der Waals surface area contributed by atoms with Gasteiger partial charge in [-0.15, -0.1) is 0 Å². The van der Waals surface area contributed by atoms with Crippen molar-refractivity contribution in [2.75, 3.05) is 13.1 Å². The number of carboxylic acid groups (broad SMARTS) is 1. The monoisotopic (exact) mass is 509 g/mol. The summed E-state index contributed by atoms with van der Waals surface area (Å²) >= 11 is 0. The smallest absolute Gasteiger partial charge is 0.326 e. The summed E-state index contributed by atoms with van der Waals surface area (Å²) in [6, 6.07) is 4.59. The summed E-state index contributed by atoms with van der Waals surface area (Å²) < 4.78 is 28.5. The maximum absolute atomic E-state index is 13.4. The summed E-state index contributed by atoms with van der Waals surface area (Å²) in [5.74, 6) is -2.50. The zero-order valence-electron chi connectivity index (χ0n) is 21.3. The quantitative estimate of drug-likeness (QED) is 0.420. The van der Waals surface area contributed by atoms with Gasteiger partial charge in [0.2, 0.25) is 21.8 Å². The molecule has 2 rings (SSSR count). The first-order valence-electron chi connectivity index (χ1n) is 12.3. The predicted octanol–water partition coefficient (Wildman–Crippen LogP) is 2.54. The largest absolute Gasteiger partial charge is 0.480 e. The number of likely N-dealkylation sites (tertiary alicyclic amines) is 1. The minimum Gasteiger partial charge on any atom is -0.480 e. The van der Waals surface area contributed by atoms with Crippen LogP contribution in [0.5, 0.6) is 0 Å². The van der Waals surface area contributed by atoms with Crippen LogP contribution in [0.2, 0.25) is 0 Å². The average Bonchev–Trinajstić information content (AvgIpc) is 2.84. The first-order chi connectivity index (χ1) is 16.4. The minimum atomic E-state index is -3.89. The minimum absolute atomic E-state index is 0.105. The van der Waals surface area contributed by atoms with E-state index in [-0.39, 0.29) is 28.5 Å². The number of carboxylic acids is 1. The molecule has 1 aliphatic heterocycles. The van der Waals surface area contributed by atoms with Crippen LogP contribution in [0.1, 0.15) is 58.9 Å². The van der Waals surface area contributed by atoms with Crippen molar-refractivity contribution in [1.29, 1.82) is 0 Å². The molecule has 2 amide bonds. The van der Waals surface area contributed by atoms with Gasteiger partial charge in [0, 0.05) is 19.0 Å². The Morgan fingerprint density at radius 2 is 1.51 bits per heavy atom. The number of carbonyl (C=O) groups excluding carboxylic acids is 2. The fourth-order valence-electron chi connectivity index (χ4n) is 4.11. The van der Waals surface area contributed by atoms with Gasteiger partial charge in [-0.2, -0.15) is 4.72 Å². The number of nitrogens with one attached hydrogen (secondary N) is 2. The van der Waals surface area contributed by atoms with Gasteiger partial charge in [0.15, 0.2) is 0 Å². The Morgan fingerprint density at radius 1 is 1.00 bits per heavy atom. The van der Waals surface area contributed by atoms with Crippen molar-refractivity contribution in [3.8, 4) is 0 Å². The van der Waals surface area contributed by atoms with Gasteiger partial charge in [-0.05, 0) is 43.7 Å². The van der Waals surface area contributed by atoms with Gasteiger partial charge in [-0.1, -0.05) is 58.2 Å². The molecule has 0 spiro atoms. The van der Waals surface area contributed by atoms with Crippen molar-refractivity contribution in [2.24, 2.45) is 17.8 Å². The van der Waals surface area contributed by atoms with Crippen LogP contribution in [0.4, 0.5) is 0 Å². The Bertz CT molecular complexity index is 987. The highest BCUT2D eigenvalue weighted by Gasteiger charge is 2.36. The molecule has 0 aliphatic carbocycles. The highest BCUT2D eigenvalue weighted by Crippen LogP contribution is 2.22. The number of rotatable bonds is 11. The standard InChI is InChI=1S/C25H39N3O6S/c1-6-17(4)21(27-35(33,34)20-10-8-16(3)9-11-20)24(30)28-14-12-19(13-15-28)23(29)26-22(25(31)32)18(5)7-2/h8-11,17-19,21-22,27H,6-7,12-15H2,1-5H3,(H,26,29)(H,31,32)/t17?,18?,21-,22-/m0/s1. The van der Waals surface area contributed by atoms with E-state index < -0.39 is 34.0 Å². The molecule has 1 aromatic rings. The van der Waals surface area contributed by atoms with E-state index in [0.717, 1.165) is 5.56 Å². The number of carbonyl (C=O) groups is 3. The third-order valence-electron chi connectivity index (χ3n) is 7.05. The second-order valence-electron chi connectivity index (χ2n) is 9.61. The number of aryl methyl sites for hydroxylation is 1. The molecule has 1 heterocycles. The lowest BCUT2D eigenvalue weighted by Crippen LogP contribution is -2.54. The van der Waals surface area contributed by atoms with E-state index in [9.17, 15) is 27.9 Å². The Morgan fingerprint density at radius 3 is 2.00 bits per heavy atom. The van der Waals surface area contributed by atoms with Crippen molar-refractivity contribution in [2.45, 2.75) is 77.3 Å². The maximum Gasteiger partial charge on any atom is 0.326 e. The third kappa shape index (κ3) is 7.51. The summed E-state index contributed by atoms with van der Waals surface area (Å²) in [6.07, 6.45) is 2.02. The molecule has 0 saturated carbocycles. The number of nitrogens with zero attached hydrogens (tertiary/aromatic N) is 1. The van der Waals surface area contributed by atoms with E-state index in [4.69, 9.17) is 0 Å². The fraction of sp³-hybridized carbons (Fsp3) is 0.640. The molecule has 35 heavy (non-hydrogen) atoms. The van der Waals surface area contributed by atoms with Crippen LogP contribution < -0.4 is 10.0 Å². The molecule has 10 heteroatoms. The highest BCUT2D eigenvalue weighted by molar-refractivity contribution is 7.89. The molecule has 3 N–H and O–H groups in total. The lowest BCUT2D eigenvalue weighted by atomic mass is 9.92. The van der Waals surface area contributed by atoms with E-state index in [1.165, 1.54) is 12.1 Å². The average molecular weight is 510 g/mol. The Hall–Kier alpha value is -2.46. The van der Waals surface area contributed by atoms with Gasteiger partial charge in [-0.3, -0.25) is 9.59 Å². The van der Waals surface area contributed by atoms with E-state index in [1.807, 2.05) is 27.7 Å². The van der Waals surface area contributed by atoms with Crippen molar-refractivity contribution in [1.82, 2.24) is 14.9 Å². The summed E-state index contributed by atoms with van der Waals surface area (Å²) in [7, 11) is -3.89. The molecule has 1 fully saturated rings. The second-order valence-corrected chi connectivity index (χ2v) is 11.3. The van der Waals surface area contributed by atoms with Crippen molar-refractivity contribution in [3.05, 3.63) is 29.8 Å². The molecule has 0 aromatic heterocycles. The van der Waals surface area contributed by atoms with Crippen LogP contribution >= 0.6 is 0 Å². The Kier molecular flexibility index (Phi) is 10.3. The maximum atomic E-state index is 13.4. The normalized spacial score (nSPS) is 18.4. The fourth-order valence-corrected chi connectivity index (χ4v) is 5.41. The van der Waals surface area contributed by atoms with Crippen LogP contribution in [0.15, 0.2) is 29.2 Å². The first-order valence-corrected chi connectivity index (χ1v) is 13.8. The zero-order chi connectivity index (χ0) is 26.3. The summed E-state index contributed by atoms with van der Waals surface area (Å²) in [6.45, 7) is 9.86. The Labute approximate surface area is 208 Å². The molecule has 9 nitrogen and oxygen atoms in total. The van der Waals surface area contributed by atoms with Gasteiger partial charge < -0.3 is 15.3 Å². The zero-order valence-corrected chi connectivity index (χ0v) is 22.1. The van der Waals surface area contributed by atoms with Crippen LogP contribution in [-0.2, 0) is 24.4 Å². The molecular formula is C25H39N3O6S. The van der Waals surface area contributed by atoms with E-state index in [2.05, 4.69) is 10.0 Å². The number of piperidine rings is 1. The van der Waals surface area contributed by atoms with Crippen molar-refractivity contribution >= 4 is 27.8 Å². The van der Waals surface area contributed by atoms with Crippen molar-refractivity contribution < 1.29 is 27.9 Å². The molecular weight excluding hydrogens is 470 g/mol. The second kappa shape index (κ2) is 12.5. The topological polar surface area (TPSA) is 133 Å². The molecule has 0 radical (unpaired) electrons. The van der Waals surface area contributed by atoms with Gasteiger partial charge in [0.05, 0.1) is 4.90 Å². The van der Waals surface area contributed by atoms with Crippen LogP contribution in [0, 0.1) is 24.7 Å². The molecule has 1 aliphatic rings. The lowest BCUT2D eigenvalue weighted by molar-refractivity contribution is -0.144. The molecule has 2 unspecified atom stereocenters. The number of benzene rings is 1. The summed E-state index contributed by atoms with van der Waals surface area (Å²) in [5, 5.41) is 12.1. The highest BCUT2D eigenvalue weighted by atomic mass is 32.2. The van der Waals surface area contributed by atoms with E-state index in [0.29, 0.717) is 38.8 Å². The lowest BCUT2D eigenvalue weighted by Gasteiger charge is -2.35. The van der Waals surface area contributed by atoms with E-state index >= 15 is 0 Å². The van der Waals surface area contributed by atoms with E-state index in [1.54, 1.807) is 24.0 Å². The SMILES string of the molecule is CCC(C)[C@H](NC(=O)C1CCN(C(=O)[C@@H](NS(=O)(=O)c2ccc(C)cc2)C(C)CC)CC1)C(=O)O. The molecule has 0 bridgehead atoms. The van der Waals surface area contributed by atoms with Crippen molar-refractivity contribution in [3.63, 3.8) is 0 Å². The van der Waals surface area contributed by atoms with Crippen LogP contribution in [0.25, 0.3) is 0 Å². The molecule has 196 valence electrons. The molecule has 4 atom stereocenters. The summed E-state index contributed by atoms with van der Waals surface area (Å²) in [5.41, 5.74) is 0.934. The molecule has 1 saturated heterocycles. The number of hydrogen-bond acceptors (Lipinski definition) is 5. The van der Waals surface area contributed by atoms with Gasteiger partial charge >= 0.3 is 5.97 Å². The number of amides is 2.